The summed E-state index contributed by atoms with van der Waals surface area (Å²) in [6, 6.07) is 15.4. The summed E-state index contributed by atoms with van der Waals surface area (Å²) in [4.78, 5) is 26.1. The number of nitrogens with zero attached hydrogens (tertiary/aromatic N) is 2. The van der Waals surface area contributed by atoms with Gasteiger partial charge in [0.15, 0.2) is 5.78 Å². The number of aromatic nitrogens is 2. The molecule has 0 aliphatic carbocycles. The Labute approximate surface area is 170 Å². The van der Waals surface area contributed by atoms with Gasteiger partial charge in [0.25, 0.3) is 5.91 Å². The van der Waals surface area contributed by atoms with Crippen LogP contribution in [0, 0.1) is 6.92 Å². The van der Waals surface area contributed by atoms with Crippen LogP contribution < -0.4 is 0 Å². The molecule has 148 valence electrons. The van der Waals surface area contributed by atoms with E-state index >= 15 is 0 Å². The first-order valence-electron chi connectivity index (χ1n) is 10.0. The molecule has 1 aromatic heterocycles. The average Bonchev–Trinajstić information content (AvgIpc) is 3.23. The largest absolute Gasteiger partial charge is 0.339 e. The van der Waals surface area contributed by atoms with Gasteiger partial charge in [-0.1, -0.05) is 42.0 Å². The lowest BCUT2D eigenvalue weighted by molar-refractivity contribution is 0.0712. The maximum absolute atomic E-state index is 12.8. The summed E-state index contributed by atoms with van der Waals surface area (Å²) in [5.74, 6) is 0.396. The van der Waals surface area contributed by atoms with Gasteiger partial charge in [0, 0.05) is 41.4 Å². The number of amides is 1. The predicted octanol–water partition coefficient (Wildman–Crippen LogP) is 4.61. The summed E-state index contributed by atoms with van der Waals surface area (Å²) < 4.78 is 0. The number of H-pyrrole nitrogens is 1. The molecule has 1 aliphatic heterocycles. The van der Waals surface area contributed by atoms with Crippen LogP contribution in [0.15, 0.2) is 54.7 Å². The first-order valence-corrected chi connectivity index (χ1v) is 10.0. The topological polar surface area (TPSA) is 66.1 Å². The van der Waals surface area contributed by atoms with E-state index in [1.54, 1.807) is 24.3 Å². The van der Waals surface area contributed by atoms with Crippen molar-refractivity contribution < 1.29 is 9.59 Å². The maximum Gasteiger partial charge on any atom is 0.253 e. The second kappa shape index (κ2) is 8.03. The van der Waals surface area contributed by atoms with Crippen LogP contribution in [0.25, 0.3) is 11.1 Å². The SMILES string of the molecule is CC(=O)c1ccc(C(=O)N2CCC(c3[nH]ncc3-c3cccc(C)c3)CC2)cc1. The molecule has 1 fully saturated rings. The standard InChI is InChI=1S/C24H25N3O2/c1-16-4-3-5-21(14-16)22-15-25-26-23(22)19-10-12-27(13-11-19)24(29)20-8-6-18(7-9-20)17(2)28/h3-9,14-15,19H,10-13H2,1-2H3,(H,25,26). The highest BCUT2D eigenvalue weighted by molar-refractivity contribution is 5.97. The van der Waals surface area contributed by atoms with E-state index in [0.717, 1.165) is 24.1 Å². The number of carbonyl (C=O) groups excluding carboxylic acids is 2. The molecule has 2 aromatic carbocycles. The number of hydrogen-bond donors (Lipinski definition) is 1. The average molecular weight is 387 g/mol. The van der Waals surface area contributed by atoms with Crippen LogP contribution in [-0.4, -0.2) is 39.9 Å². The van der Waals surface area contributed by atoms with E-state index in [-0.39, 0.29) is 11.7 Å². The fourth-order valence-electron chi connectivity index (χ4n) is 4.05. The van der Waals surface area contributed by atoms with Gasteiger partial charge in [-0.25, -0.2) is 0 Å². The third kappa shape index (κ3) is 3.99. The zero-order chi connectivity index (χ0) is 20.4. The molecule has 3 aromatic rings. The Morgan fingerprint density at radius 3 is 2.38 bits per heavy atom. The minimum atomic E-state index is 0.00813. The molecule has 1 amide bonds. The highest BCUT2D eigenvalue weighted by Crippen LogP contribution is 2.34. The number of Topliss-reactive ketones (excluding diaryl/α,β-unsaturated/α-hetero) is 1. The van der Waals surface area contributed by atoms with Gasteiger partial charge < -0.3 is 4.90 Å². The van der Waals surface area contributed by atoms with Crippen LogP contribution in [-0.2, 0) is 0 Å². The highest BCUT2D eigenvalue weighted by atomic mass is 16.2. The summed E-state index contributed by atoms with van der Waals surface area (Å²) in [7, 11) is 0. The number of piperidine rings is 1. The van der Waals surface area contributed by atoms with Crippen molar-refractivity contribution in [3.8, 4) is 11.1 Å². The molecule has 29 heavy (non-hydrogen) atoms. The molecule has 0 atom stereocenters. The van der Waals surface area contributed by atoms with Crippen molar-refractivity contribution in [3.63, 3.8) is 0 Å². The van der Waals surface area contributed by atoms with E-state index in [2.05, 4.69) is 41.4 Å². The van der Waals surface area contributed by atoms with E-state index in [0.29, 0.717) is 30.1 Å². The lowest BCUT2D eigenvalue weighted by Crippen LogP contribution is -2.38. The lowest BCUT2D eigenvalue weighted by atomic mass is 9.89. The Morgan fingerprint density at radius 1 is 1.03 bits per heavy atom. The Hall–Kier alpha value is -3.21. The van der Waals surface area contributed by atoms with Gasteiger partial charge in [0.1, 0.15) is 0 Å². The molecular formula is C24H25N3O2. The number of aryl methyl sites for hydroxylation is 1. The van der Waals surface area contributed by atoms with Gasteiger partial charge in [-0.15, -0.1) is 0 Å². The second-order valence-corrected chi connectivity index (χ2v) is 7.77. The van der Waals surface area contributed by atoms with Gasteiger partial charge >= 0.3 is 0 Å². The van der Waals surface area contributed by atoms with Crippen molar-refractivity contribution in [2.45, 2.75) is 32.6 Å². The molecule has 0 bridgehead atoms. The monoisotopic (exact) mass is 387 g/mol. The van der Waals surface area contributed by atoms with E-state index in [9.17, 15) is 9.59 Å². The number of rotatable bonds is 4. The first-order chi connectivity index (χ1) is 14.0. The molecule has 2 heterocycles. The molecule has 0 radical (unpaired) electrons. The predicted molar refractivity (Wildman–Crippen MR) is 113 cm³/mol. The molecule has 1 N–H and O–H groups in total. The molecule has 1 saturated heterocycles. The molecule has 1 aliphatic rings. The van der Waals surface area contributed by atoms with Crippen molar-refractivity contribution in [1.29, 1.82) is 0 Å². The Morgan fingerprint density at radius 2 is 1.72 bits per heavy atom. The number of ketones is 1. The molecule has 5 heteroatoms. The van der Waals surface area contributed by atoms with Crippen molar-refractivity contribution in [2.75, 3.05) is 13.1 Å². The van der Waals surface area contributed by atoms with Crippen LogP contribution in [0.3, 0.4) is 0 Å². The minimum absolute atomic E-state index is 0.00813. The van der Waals surface area contributed by atoms with Crippen LogP contribution in [0.4, 0.5) is 0 Å². The first kappa shape index (κ1) is 19.1. The zero-order valence-corrected chi connectivity index (χ0v) is 16.8. The number of carbonyl (C=O) groups is 2. The molecule has 4 rings (SSSR count). The Bertz CT molecular complexity index is 1030. The van der Waals surface area contributed by atoms with E-state index in [4.69, 9.17) is 0 Å². The van der Waals surface area contributed by atoms with Crippen LogP contribution in [0.5, 0.6) is 0 Å². The van der Waals surface area contributed by atoms with Crippen LogP contribution in [0.1, 0.15) is 57.7 Å². The smallest absolute Gasteiger partial charge is 0.253 e. The van der Waals surface area contributed by atoms with Gasteiger partial charge in [-0.2, -0.15) is 5.10 Å². The summed E-state index contributed by atoms with van der Waals surface area (Å²) >= 11 is 0. The van der Waals surface area contributed by atoms with Gasteiger partial charge in [-0.3, -0.25) is 14.7 Å². The van der Waals surface area contributed by atoms with Crippen LogP contribution >= 0.6 is 0 Å². The fourth-order valence-corrected chi connectivity index (χ4v) is 4.05. The number of nitrogens with one attached hydrogen (secondary N) is 1. The quantitative estimate of drug-likeness (QED) is 0.665. The summed E-state index contributed by atoms with van der Waals surface area (Å²) in [6.45, 7) is 5.05. The molecule has 5 nitrogen and oxygen atoms in total. The molecular weight excluding hydrogens is 362 g/mol. The van der Waals surface area contributed by atoms with Crippen LogP contribution in [0.2, 0.25) is 0 Å². The highest BCUT2D eigenvalue weighted by Gasteiger charge is 2.27. The minimum Gasteiger partial charge on any atom is -0.339 e. The van der Waals surface area contributed by atoms with Crippen molar-refractivity contribution in [2.24, 2.45) is 0 Å². The second-order valence-electron chi connectivity index (χ2n) is 7.77. The van der Waals surface area contributed by atoms with E-state index in [1.165, 1.54) is 18.1 Å². The third-order valence-corrected chi connectivity index (χ3v) is 5.73. The number of benzene rings is 2. The van der Waals surface area contributed by atoms with Crippen molar-refractivity contribution in [3.05, 3.63) is 77.1 Å². The third-order valence-electron chi connectivity index (χ3n) is 5.73. The Balaban J connectivity index is 1.44. The summed E-state index contributed by atoms with van der Waals surface area (Å²) in [6.07, 6.45) is 3.70. The van der Waals surface area contributed by atoms with Crippen molar-refractivity contribution in [1.82, 2.24) is 15.1 Å². The van der Waals surface area contributed by atoms with E-state index < -0.39 is 0 Å². The fraction of sp³-hybridized carbons (Fsp3) is 0.292. The lowest BCUT2D eigenvalue weighted by Gasteiger charge is -2.32. The maximum atomic E-state index is 12.8. The van der Waals surface area contributed by atoms with Gasteiger partial charge in [0.05, 0.1) is 6.20 Å². The van der Waals surface area contributed by atoms with Gasteiger partial charge in [0.2, 0.25) is 0 Å². The number of likely N-dealkylation sites (tertiary alicyclic amines) is 1. The normalized spacial score (nSPS) is 14.8. The number of hydrogen-bond acceptors (Lipinski definition) is 3. The molecule has 0 unspecified atom stereocenters. The number of aromatic amines is 1. The van der Waals surface area contributed by atoms with Crippen molar-refractivity contribution >= 4 is 11.7 Å². The van der Waals surface area contributed by atoms with Gasteiger partial charge in [-0.05, 0) is 44.4 Å². The zero-order valence-electron chi connectivity index (χ0n) is 16.8. The summed E-state index contributed by atoms with van der Waals surface area (Å²) in [5, 5.41) is 7.50. The summed E-state index contributed by atoms with van der Waals surface area (Å²) in [5.41, 5.74) is 5.98. The van der Waals surface area contributed by atoms with E-state index in [1.807, 2.05) is 11.1 Å². The molecule has 0 spiro atoms. The Kier molecular flexibility index (Phi) is 5.30. The molecule has 0 saturated carbocycles.